The van der Waals surface area contributed by atoms with E-state index in [-0.39, 0.29) is 4.90 Å². The molecule has 0 radical (unpaired) electrons. The lowest BCUT2D eigenvalue weighted by Crippen LogP contribution is -2.27. The van der Waals surface area contributed by atoms with Crippen molar-refractivity contribution in [1.29, 1.82) is 0 Å². The Morgan fingerprint density at radius 3 is 2.71 bits per heavy atom. The third-order valence-corrected chi connectivity index (χ3v) is 5.95. The van der Waals surface area contributed by atoms with Gasteiger partial charge in [0.15, 0.2) is 0 Å². The van der Waals surface area contributed by atoms with Crippen molar-refractivity contribution in [2.45, 2.75) is 24.8 Å². The van der Waals surface area contributed by atoms with Gasteiger partial charge in [0.05, 0.1) is 13.2 Å². The van der Waals surface area contributed by atoms with Crippen molar-refractivity contribution in [3.63, 3.8) is 0 Å². The third-order valence-electron chi connectivity index (χ3n) is 2.75. The number of hydrogen-bond donors (Lipinski definition) is 1. The highest BCUT2D eigenvalue weighted by molar-refractivity contribution is 9.10. The average Bonchev–Trinajstić information content (AvgIpc) is 2.85. The monoisotopic (exact) mass is 390 g/mol. The molecule has 1 aromatic carbocycles. The summed E-state index contributed by atoms with van der Waals surface area (Å²) in [6.07, 6.45) is 0. The Bertz CT molecular complexity index is 744. The van der Waals surface area contributed by atoms with E-state index in [2.05, 4.69) is 25.6 Å². The number of methoxy groups -OCH3 is 1. The van der Waals surface area contributed by atoms with Gasteiger partial charge in [-0.15, -0.1) is 11.3 Å². The van der Waals surface area contributed by atoms with Crippen LogP contribution in [0.15, 0.2) is 32.9 Å². The number of hydrogen-bond acceptors (Lipinski definition) is 5. The molecule has 2 rings (SSSR count). The second-order valence-electron chi connectivity index (χ2n) is 4.47. The molecule has 21 heavy (non-hydrogen) atoms. The number of nitrogens with zero attached hydrogens (tertiary/aromatic N) is 1. The number of aromatic nitrogens is 1. The molecule has 8 heteroatoms. The topological polar surface area (TPSA) is 68.3 Å². The minimum Gasteiger partial charge on any atom is -0.495 e. The molecule has 0 bridgehead atoms. The number of thiazole rings is 1. The average molecular weight is 391 g/mol. The van der Waals surface area contributed by atoms with Gasteiger partial charge in [-0.05, 0) is 32.0 Å². The second kappa shape index (κ2) is 6.43. The SMILES string of the molecule is COc1ccc(Br)cc1S(=O)(=O)NC(C)c1nc(C)cs1. The molecule has 0 aliphatic rings. The minimum atomic E-state index is -3.70. The van der Waals surface area contributed by atoms with Crippen LogP contribution in [0.5, 0.6) is 5.75 Å². The first-order valence-corrected chi connectivity index (χ1v) is 9.27. The van der Waals surface area contributed by atoms with Crippen molar-refractivity contribution in [3.8, 4) is 5.75 Å². The van der Waals surface area contributed by atoms with E-state index >= 15 is 0 Å². The Morgan fingerprint density at radius 1 is 1.43 bits per heavy atom. The van der Waals surface area contributed by atoms with Crippen molar-refractivity contribution in [3.05, 3.63) is 38.8 Å². The standard InChI is InChI=1S/C13H15BrN2O3S2/c1-8-7-20-13(15-8)9(2)16-21(17,18)12-6-10(14)4-5-11(12)19-3/h4-7,9,16H,1-3H3. The van der Waals surface area contributed by atoms with Crippen molar-refractivity contribution in [2.24, 2.45) is 0 Å². The molecule has 1 aromatic heterocycles. The summed E-state index contributed by atoms with van der Waals surface area (Å²) < 4.78 is 33.5. The Balaban J connectivity index is 2.32. The molecule has 5 nitrogen and oxygen atoms in total. The zero-order valence-corrected chi connectivity index (χ0v) is 15.0. The molecule has 1 N–H and O–H groups in total. The summed E-state index contributed by atoms with van der Waals surface area (Å²) in [7, 11) is -2.26. The van der Waals surface area contributed by atoms with E-state index in [1.54, 1.807) is 19.1 Å². The van der Waals surface area contributed by atoms with Crippen molar-refractivity contribution >= 4 is 37.3 Å². The van der Waals surface area contributed by atoms with Gasteiger partial charge in [0.25, 0.3) is 0 Å². The van der Waals surface area contributed by atoms with Gasteiger partial charge in [-0.2, -0.15) is 0 Å². The van der Waals surface area contributed by atoms with Crippen LogP contribution in [0.2, 0.25) is 0 Å². The highest BCUT2D eigenvalue weighted by atomic mass is 79.9. The van der Waals surface area contributed by atoms with Crippen LogP contribution in [0.4, 0.5) is 0 Å². The first-order chi connectivity index (χ1) is 9.83. The molecule has 1 heterocycles. The van der Waals surface area contributed by atoms with Crippen LogP contribution < -0.4 is 9.46 Å². The van der Waals surface area contributed by atoms with Crippen LogP contribution in [0.1, 0.15) is 23.7 Å². The number of ether oxygens (including phenoxy) is 1. The predicted octanol–water partition coefficient (Wildman–Crippen LogP) is 3.26. The Labute approximate surface area is 136 Å². The van der Waals surface area contributed by atoms with Crippen LogP contribution in [0.3, 0.4) is 0 Å². The van der Waals surface area contributed by atoms with Gasteiger partial charge in [0, 0.05) is 15.5 Å². The predicted molar refractivity (Wildman–Crippen MR) is 86.3 cm³/mol. The second-order valence-corrected chi connectivity index (χ2v) is 7.95. The molecule has 0 saturated carbocycles. The molecule has 0 amide bonds. The van der Waals surface area contributed by atoms with Crippen molar-refractivity contribution in [1.82, 2.24) is 9.71 Å². The van der Waals surface area contributed by atoms with Gasteiger partial charge in [-0.25, -0.2) is 18.1 Å². The summed E-state index contributed by atoms with van der Waals surface area (Å²) in [5.74, 6) is 0.299. The van der Waals surface area contributed by atoms with Gasteiger partial charge in [-0.1, -0.05) is 15.9 Å². The zero-order chi connectivity index (χ0) is 15.6. The largest absolute Gasteiger partial charge is 0.495 e. The van der Waals surface area contributed by atoms with Gasteiger partial charge >= 0.3 is 0 Å². The maximum Gasteiger partial charge on any atom is 0.244 e. The highest BCUT2D eigenvalue weighted by Gasteiger charge is 2.23. The summed E-state index contributed by atoms with van der Waals surface area (Å²) in [5, 5.41) is 2.62. The lowest BCUT2D eigenvalue weighted by molar-refractivity contribution is 0.402. The smallest absolute Gasteiger partial charge is 0.244 e. The van der Waals surface area contributed by atoms with Crippen molar-refractivity contribution < 1.29 is 13.2 Å². The molecule has 2 aromatic rings. The fraction of sp³-hybridized carbons (Fsp3) is 0.308. The van der Waals surface area contributed by atoms with E-state index in [0.717, 1.165) is 10.7 Å². The van der Waals surface area contributed by atoms with Gasteiger partial charge in [-0.3, -0.25) is 0 Å². The first-order valence-electron chi connectivity index (χ1n) is 6.11. The lowest BCUT2D eigenvalue weighted by Gasteiger charge is -2.14. The first kappa shape index (κ1) is 16.4. The van der Waals surface area contributed by atoms with Gasteiger partial charge in [0.2, 0.25) is 10.0 Å². The fourth-order valence-electron chi connectivity index (χ4n) is 1.78. The van der Waals surface area contributed by atoms with Crippen molar-refractivity contribution in [2.75, 3.05) is 7.11 Å². The maximum atomic E-state index is 12.5. The highest BCUT2D eigenvalue weighted by Crippen LogP contribution is 2.28. The van der Waals surface area contributed by atoms with Gasteiger partial charge < -0.3 is 4.74 Å². The van der Waals surface area contributed by atoms with E-state index in [0.29, 0.717) is 10.2 Å². The maximum absolute atomic E-state index is 12.5. The molecule has 0 spiro atoms. The minimum absolute atomic E-state index is 0.0968. The molecular formula is C13H15BrN2O3S2. The van der Waals surface area contributed by atoms with E-state index in [1.165, 1.54) is 24.5 Å². The van der Waals surface area contributed by atoms with Crippen LogP contribution in [0, 0.1) is 6.92 Å². The quantitative estimate of drug-likeness (QED) is 0.850. The molecule has 0 aliphatic carbocycles. The molecular weight excluding hydrogens is 376 g/mol. The zero-order valence-electron chi connectivity index (χ0n) is 11.8. The Hall–Kier alpha value is -0.960. The van der Waals surface area contributed by atoms with Crippen LogP contribution in [0.25, 0.3) is 0 Å². The number of halogens is 1. The number of benzene rings is 1. The number of sulfonamides is 1. The third kappa shape index (κ3) is 3.82. The normalized spacial score (nSPS) is 13.1. The van der Waals surface area contributed by atoms with Crippen LogP contribution >= 0.6 is 27.3 Å². The Morgan fingerprint density at radius 2 is 2.14 bits per heavy atom. The molecule has 114 valence electrons. The summed E-state index contributed by atoms with van der Waals surface area (Å²) >= 11 is 4.70. The number of rotatable bonds is 5. The van der Waals surface area contributed by atoms with E-state index in [4.69, 9.17) is 4.74 Å². The summed E-state index contributed by atoms with van der Waals surface area (Å²) in [6.45, 7) is 3.64. The van der Waals surface area contributed by atoms with E-state index in [9.17, 15) is 8.42 Å². The molecule has 0 aliphatic heterocycles. The van der Waals surface area contributed by atoms with Gasteiger partial charge in [0.1, 0.15) is 15.7 Å². The molecule has 1 atom stereocenters. The molecule has 0 fully saturated rings. The number of aryl methyl sites for hydroxylation is 1. The molecule has 0 saturated heterocycles. The summed E-state index contributed by atoms with van der Waals surface area (Å²) in [5.41, 5.74) is 0.876. The molecule has 1 unspecified atom stereocenters. The summed E-state index contributed by atoms with van der Waals surface area (Å²) in [6, 6.07) is 4.45. The fourth-order valence-corrected chi connectivity index (χ4v) is 4.57. The summed E-state index contributed by atoms with van der Waals surface area (Å²) in [4.78, 5) is 4.40. The Kier molecular flexibility index (Phi) is 5.03. The van der Waals surface area contributed by atoms with E-state index in [1.807, 2.05) is 12.3 Å². The van der Waals surface area contributed by atoms with Crippen LogP contribution in [-0.2, 0) is 10.0 Å². The van der Waals surface area contributed by atoms with Crippen LogP contribution in [-0.4, -0.2) is 20.5 Å². The van der Waals surface area contributed by atoms with E-state index < -0.39 is 16.1 Å². The number of nitrogens with one attached hydrogen (secondary N) is 1. The lowest BCUT2D eigenvalue weighted by atomic mass is 10.3.